The molecule has 0 unspecified atom stereocenters. The van der Waals surface area contributed by atoms with Crippen molar-refractivity contribution < 1.29 is 4.92 Å². The van der Waals surface area contributed by atoms with Crippen molar-refractivity contribution >= 4 is 11.8 Å². The van der Waals surface area contributed by atoms with Gasteiger partial charge >= 0.3 is 0 Å². The molecule has 0 N–H and O–H groups in total. The summed E-state index contributed by atoms with van der Waals surface area (Å²) in [5.41, 5.74) is 0.829. The van der Waals surface area contributed by atoms with Gasteiger partial charge in [0.15, 0.2) is 0 Å². The van der Waals surface area contributed by atoms with Gasteiger partial charge in [0.05, 0.1) is 10.5 Å². The lowest BCUT2D eigenvalue weighted by atomic mass is 10.0. The molecule has 0 radical (unpaired) electrons. The summed E-state index contributed by atoms with van der Waals surface area (Å²) in [5, 5.41) is 11.0. The summed E-state index contributed by atoms with van der Waals surface area (Å²) in [7, 11) is 4.28. The predicted molar refractivity (Wildman–Crippen MR) is 85.3 cm³/mol. The fraction of sp³-hybridized carbons (Fsp3) is 0.500. The molecule has 1 fully saturated rings. The standard InChI is InChI=1S/C16H23N3O2/c1-17-12-9-15(10-13-17)18(2)11-5-7-14-6-3-4-8-16(14)19(20)21/h3-8,15H,9-13H2,1-2H3/b7-5+. The molecule has 5 nitrogen and oxygen atoms in total. The fourth-order valence-electron chi connectivity index (χ4n) is 2.73. The Bertz CT molecular complexity index is 508. The molecular weight excluding hydrogens is 266 g/mol. The van der Waals surface area contributed by atoms with Gasteiger partial charge in [-0.05, 0) is 46.1 Å². The Kier molecular flexibility index (Phi) is 5.47. The van der Waals surface area contributed by atoms with E-state index in [2.05, 4.69) is 23.9 Å². The predicted octanol–water partition coefficient (Wildman–Crippen LogP) is 2.63. The van der Waals surface area contributed by atoms with Gasteiger partial charge in [-0.15, -0.1) is 0 Å². The summed E-state index contributed by atoms with van der Waals surface area (Å²) in [6.07, 6.45) is 6.24. The van der Waals surface area contributed by atoms with Crippen molar-refractivity contribution in [3.8, 4) is 0 Å². The van der Waals surface area contributed by atoms with E-state index >= 15 is 0 Å². The average molecular weight is 289 g/mol. The van der Waals surface area contributed by atoms with Crippen LogP contribution in [0.25, 0.3) is 6.08 Å². The molecule has 0 aromatic heterocycles. The number of nitro benzene ring substituents is 1. The Labute approximate surface area is 126 Å². The van der Waals surface area contributed by atoms with Crippen molar-refractivity contribution in [1.29, 1.82) is 0 Å². The van der Waals surface area contributed by atoms with Crippen LogP contribution in [0.4, 0.5) is 5.69 Å². The second-order valence-electron chi connectivity index (χ2n) is 5.69. The Morgan fingerprint density at radius 1 is 1.38 bits per heavy atom. The second-order valence-corrected chi connectivity index (χ2v) is 5.69. The van der Waals surface area contributed by atoms with Crippen molar-refractivity contribution in [2.75, 3.05) is 33.7 Å². The maximum atomic E-state index is 11.0. The lowest BCUT2D eigenvalue weighted by Gasteiger charge is -2.34. The number of nitro groups is 1. The van der Waals surface area contributed by atoms with Crippen LogP contribution in [0.2, 0.25) is 0 Å². The first kappa shape index (κ1) is 15.7. The van der Waals surface area contributed by atoms with Crippen LogP contribution >= 0.6 is 0 Å². The summed E-state index contributed by atoms with van der Waals surface area (Å²) in [4.78, 5) is 15.3. The number of rotatable bonds is 5. The van der Waals surface area contributed by atoms with E-state index in [0.29, 0.717) is 11.6 Å². The van der Waals surface area contributed by atoms with E-state index in [0.717, 1.165) is 19.6 Å². The number of hydrogen-bond donors (Lipinski definition) is 0. The molecule has 21 heavy (non-hydrogen) atoms. The van der Waals surface area contributed by atoms with Crippen molar-refractivity contribution in [3.05, 3.63) is 46.0 Å². The number of likely N-dealkylation sites (N-methyl/N-ethyl adjacent to an activating group) is 1. The van der Waals surface area contributed by atoms with Gasteiger partial charge in [-0.1, -0.05) is 24.3 Å². The number of hydrogen-bond acceptors (Lipinski definition) is 4. The first-order valence-corrected chi connectivity index (χ1v) is 7.36. The third kappa shape index (κ3) is 4.37. The minimum atomic E-state index is -0.333. The van der Waals surface area contributed by atoms with E-state index in [4.69, 9.17) is 0 Å². The zero-order chi connectivity index (χ0) is 15.2. The molecule has 0 spiro atoms. The average Bonchev–Trinajstić information content (AvgIpc) is 2.48. The van der Waals surface area contributed by atoms with E-state index in [1.165, 1.54) is 12.8 Å². The zero-order valence-corrected chi connectivity index (χ0v) is 12.7. The molecule has 1 aromatic rings. The molecule has 1 aromatic carbocycles. The van der Waals surface area contributed by atoms with Gasteiger partial charge in [0.2, 0.25) is 0 Å². The Balaban J connectivity index is 1.92. The van der Waals surface area contributed by atoms with Crippen LogP contribution in [0, 0.1) is 10.1 Å². The molecule has 1 heterocycles. The SMILES string of the molecule is CN1CCC(N(C)C/C=C/c2ccccc2[N+](=O)[O-])CC1. The zero-order valence-electron chi connectivity index (χ0n) is 12.7. The van der Waals surface area contributed by atoms with Crippen LogP contribution in [0.1, 0.15) is 18.4 Å². The minimum Gasteiger partial charge on any atom is -0.306 e. The summed E-state index contributed by atoms with van der Waals surface area (Å²) < 4.78 is 0. The highest BCUT2D eigenvalue weighted by atomic mass is 16.6. The van der Waals surface area contributed by atoms with Crippen molar-refractivity contribution in [2.24, 2.45) is 0 Å². The number of para-hydroxylation sites is 1. The number of likely N-dealkylation sites (tertiary alicyclic amines) is 1. The Morgan fingerprint density at radius 3 is 2.71 bits per heavy atom. The third-order valence-electron chi connectivity index (χ3n) is 4.14. The van der Waals surface area contributed by atoms with E-state index in [1.54, 1.807) is 18.2 Å². The topological polar surface area (TPSA) is 49.6 Å². The third-order valence-corrected chi connectivity index (χ3v) is 4.14. The molecule has 1 aliphatic heterocycles. The van der Waals surface area contributed by atoms with Gasteiger partial charge in [-0.25, -0.2) is 0 Å². The molecule has 5 heteroatoms. The Morgan fingerprint density at radius 2 is 2.05 bits per heavy atom. The quantitative estimate of drug-likeness (QED) is 0.617. The molecule has 0 saturated carbocycles. The summed E-state index contributed by atoms with van der Waals surface area (Å²) in [5.74, 6) is 0. The number of benzene rings is 1. The van der Waals surface area contributed by atoms with Crippen LogP contribution in [-0.4, -0.2) is 54.5 Å². The largest absolute Gasteiger partial charge is 0.306 e. The smallest absolute Gasteiger partial charge is 0.276 e. The molecule has 1 saturated heterocycles. The lowest BCUT2D eigenvalue weighted by molar-refractivity contribution is -0.385. The van der Waals surface area contributed by atoms with Gasteiger partial charge < -0.3 is 4.90 Å². The van der Waals surface area contributed by atoms with Gasteiger partial charge in [-0.2, -0.15) is 0 Å². The van der Waals surface area contributed by atoms with Crippen LogP contribution < -0.4 is 0 Å². The summed E-state index contributed by atoms with van der Waals surface area (Å²) >= 11 is 0. The molecule has 0 aliphatic carbocycles. The van der Waals surface area contributed by atoms with E-state index < -0.39 is 0 Å². The molecule has 0 bridgehead atoms. The van der Waals surface area contributed by atoms with E-state index in [9.17, 15) is 10.1 Å². The molecule has 0 atom stereocenters. The van der Waals surface area contributed by atoms with Crippen LogP contribution in [0.3, 0.4) is 0 Å². The monoisotopic (exact) mass is 289 g/mol. The summed E-state index contributed by atoms with van der Waals surface area (Å²) in [6.45, 7) is 3.10. The fourth-order valence-corrected chi connectivity index (χ4v) is 2.73. The summed E-state index contributed by atoms with van der Waals surface area (Å²) in [6, 6.07) is 7.45. The highest BCUT2D eigenvalue weighted by Crippen LogP contribution is 2.19. The number of piperidine rings is 1. The van der Waals surface area contributed by atoms with Crippen molar-refractivity contribution in [1.82, 2.24) is 9.80 Å². The van der Waals surface area contributed by atoms with E-state index in [1.807, 2.05) is 18.2 Å². The molecular formula is C16H23N3O2. The highest BCUT2D eigenvalue weighted by molar-refractivity contribution is 5.60. The van der Waals surface area contributed by atoms with Crippen LogP contribution in [0.15, 0.2) is 30.3 Å². The lowest BCUT2D eigenvalue weighted by Crippen LogP contribution is -2.41. The second kappa shape index (κ2) is 7.33. The van der Waals surface area contributed by atoms with Crippen LogP contribution in [0.5, 0.6) is 0 Å². The van der Waals surface area contributed by atoms with Gasteiger partial charge in [0.1, 0.15) is 0 Å². The first-order chi connectivity index (χ1) is 10.1. The molecule has 2 rings (SSSR count). The van der Waals surface area contributed by atoms with E-state index in [-0.39, 0.29) is 10.6 Å². The number of nitrogens with zero attached hydrogens (tertiary/aromatic N) is 3. The molecule has 1 aliphatic rings. The maximum absolute atomic E-state index is 11.0. The van der Waals surface area contributed by atoms with Crippen LogP contribution in [-0.2, 0) is 0 Å². The van der Waals surface area contributed by atoms with Crippen molar-refractivity contribution in [3.63, 3.8) is 0 Å². The van der Waals surface area contributed by atoms with Gasteiger partial charge in [0.25, 0.3) is 5.69 Å². The van der Waals surface area contributed by atoms with Gasteiger partial charge in [0, 0.05) is 18.7 Å². The first-order valence-electron chi connectivity index (χ1n) is 7.36. The minimum absolute atomic E-state index is 0.163. The van der Waals surface area contributed by atoms with Gasteiger partial charge in [-0.3, -0.25) is 15.0 Å². The normalized spacial score (nSPS) is 17.7. The molecule has 114 valence electrons. The molecule has 0 amide bonds. The highest BCUT2D eigenvalue weighted by Gasteiger charge is 2.19. The maximum Gasteiger partial charge on any atom is 0.276 e. The van der Waals surface area contributed by atoms with Crippen molar-refractivity contribution in [2.45, 2.75) is 18.9 Å². The Hall–Kier alpha value is -1.72.